The van der Waals surface area contributed by atoms with E-state index >= 15 is 0 Å². The number of halogens is 2. The monoisotopic (exact) mass is 297 g/mol. The third kappa shape index (κ3) is 2.46. The van der Waals surface area contributed by atoms with Crippen LogP contribution in [0.25, 0.3) is 0 Å². The number of carbonyl (C=O) groups is 1. The third-order valence-electron chi connectivity index (χ3n) is 2.75. The molecule has 0 atom stereocenters. The molecule has 0 aliphatic heterocycles. The highest BCUT2D eigenvalue weighted by atomic mass is 35.5. The van der Waals surface area contributed by atoms with E-state index in [0.29, 0.717) is 27.2 Å². The summed E-state index contributed by atoms with van der Waals surface area (Å²) < 4.78 is 1.53. The van der Waals surface area contributed by atoms with Crippen LogP contribution < -0.4 is 4.90 Å². The average Bonchev–Trinajstić information content (AvgIpc) is 2.58. The highest BCUT2D eigenvalue weighted by Gasteiger charge is 2.24. The summed E-state index contributed by atoms with van der Waals surface area (Å²) in [6, 6.07) is 7.12. The zero-order valence-corrected chi connectivity index (χ0v) is 12.3. The molecule has 0 unspecified atom stereocenters. The van der Waals surface area contributed by atoms with E-state index in [1.54, 1.807) is 26.1 Å². The topological polar surface area (TPSA) is 38.1 Å². The van der Waals surface area contributed by atoms with Crippen molar-refractivity contribution in [1.29, 1.82) is 0 Å². The molecule has 4 nitrogen and oxygen atoms in total. The van der Waals surface area contributed by atoms with Gasteiger partial charge in [0.2, 0.25) is 5.91 Å². The van der Waals surface area contributed by atoms with Crippen LogP contribution in [0.4, 0.5) is 11.4 Å². The Morgan fingerprint density at radius 3 is 2.42 bits per heavy atom. The van der Waals surface area contributed by atoms with Gasteiger partial charge in [0.15, 0.2) is 5.15 Å². The molecule has 19 heavy (non-hydrogen) atoms. The Labute approximate surface area is 121 Å². The van der Waals surface area contributed by atoms with Gasteiger partial charge in [0.25, 0.3) is 0 Å². The Balaban J connectivity index is 2.66. The van der Waals surface area contributed by atoms with Crippen LogP contribution in [0.3, 0.4) is 0 Å². The number of rotatable bonds is 2. The van der Waals surface area contributed by atoms with E-state index in [1.165, 1.54) is 16.5 Å². The first-order valence-corrected chi connectivity index (χ1v) is 6.43. The number of benzene rings is 1. The first-order valence-electron chi connectivity index (χ1n) is 5.67. The van der Waals surface area contributed by atoms with Gasteiger partial charge in [-0.05, 0) is 19.1 Å². The van der Waals surface area contributed by atoms with Gasteiger partial charge in [-0.2, -0.15) is 5.10 Å². The van der Waals surface area contributed by atoms with Crippen LogP contribution >= 0.6 is 23.2 Å². The molecule has 0 bridgehead atoms. The number of amides is 1. The summed E-state index contributed by atoms with van der Waals surface area (Å²) in [6.45, 7) is 3.26. The molecule has 1 aromatic carbocycles. The van der Waals surface area contributed by atoms with Gasteiger partial charge in [-0.1, -0.05) is 35.3 Å². The van der Waals surface area contributed by atoms with E-state index in [9.17, 15) is 4.79 Å². The first kappa shape index (κ1) is 13.9. The molecular formula is C13H13Cl2N3O. The number of hydrogen-bond donors (Lipinski definition) is 0. The highest BCUT2D eigenvalue weighted by Crippen LogP contribution is 2.37. The number of aromatic nitrogens is 2. The molecule has 0 fully saturated rings. The molecule has 0 radical (unpaired) electrons. The smallest absolute Gasteiger partial charge is 0.228 e. The van der Waals surface area contributed by atoms with Crippen molar-refractivity contribution in [1.82, 2.24) is 9.78 Å². The van der Waals surface area contributed by atoms with Crippen LogP contribution in [0.5, 0.6) is 0 Å². The van der Waals surface area contributed by atoms with Gasteiger partial charge in [0.05, 0.1) is 16.4 Å². The lowest BCUT2D eigenvalue weighted by atomic mass is 10.2. The molecule has 1 amide bonds. The maximum Gasteiger partial charge on any atom is 0.228 e. The van der Waals surface area contributed by atoms with Crippen molar-refractivity contribution in [3.63, 3.8) is 0 Å². The predicted molar refractivity (Wildman–Crippen MR) is 77.2 cm³/mol. The quantitative estimate of drug-likeness (QED) is 0.847. The molecule has 0 saturated heterocycles. The number of anilines is 2. The maximum absolute atomic E-state index is 12.0. The van der Waals surface area contributed by atoms with Crippen LogP contribution in [0, 0.1) is 6.92 Å². The number of para-hydroxylation sites is 1. The largest absolute Gasteiger partial charge is 0.275 e. The van der Waals surface area contributed by atoms with Crippen molar-refractivity contribution in [3.05, 3.63) is 40.1 Å². The molecule has 1 aromatic heterocycles. The molecule has 100 valence electrons. The minimum absolute atomic E-state index is 0.175. The van der Waals surface area contributed by atoms with E-state index in [-0.39, 0.29) is 5.91 Å². The van der Waals surface area contributed by atoms with E-state index in [4.69, 9.17) is 23.2 Å². The molecular weight excluding hydrogens is 285 g/mol. The van der Waals surface area contributed by atoms with Crippen LogP contribution in [0.1, 0.15) is 12.6 Å². The lowest BCUT2D eigenvalue weighted by Crippen LogP contribution is -2.23. The number of carbonyl (C=O) groups excluding carboxylic acids is 1. The van der Waals surface area contributed by atoms with Crippen molar-refractivity contribution in [3.8, 4) is 0 Å². The standard InChI is InChI=1S/C13H13Cl2N3O/c1-8-12(13(15)17(3)16-8)18(9(2)19)11-7-5-4-6-10(11)14/h4-7H,1-3H3. The Morgan fingerprint density at radius 1 is 1.32 bits per heavy atom. The van der Waals surface area contributed by atoms with Gasteiger partial charge in [0, 0.05) is 14.0 Å². The molecule has 1 heterocycles. The third-order valence-corrected chi connectivity index (χ3v) is 3.50. The van der Waals surface area contributed by atoms with E-state index < -0.39 is 0 Å². The van der Waals surface area contributed by atoms with Crippen LogP contribution in [0.2, 0.25) is 10.2 Å². The van der Waals surface area contributed by atoms with Gasteiger partial charge in [-0.15, -0.1) is 0 Å². The Hall–Kier alpha value is -1.52. The first-order chi connectivity index (χ1) is 8.93. The van der Waals surface area contributed by atoms with Crippen LogP contribution in [0.15, 0.2) is 24.3 Å². The van der Waals surface area contributed by atoms with Crippen molar-refractivity contribution in [2.24, 2.45) is 7.05 Å². The number of hydrogen-bond acceptors (Lipinski definition) is 2. The van der Waals surface area contributed by atoms with Crippen molar-refractivity contribution < 1.29 is 4.79 Å². The molecule has 0 saturated carbocycles. The van der Waals surface area contributed by atoms with Crippen LogP contribution in [-0.4, -0.2) is 15.7 Å². The highest BCUT2D eigenvalue weighted by molar-refractivity contribution is 6.35. The van der Waals surface area contributed by atoms with Crippen LogP contribution in [-0.2, 0) is 11.8 Å². The number of nitrogens with zero attached hydrogens (tertiary/aromatic N) is 3. The lowest BCUT2D eigenvalue weighted by molar-refractivity contribution is -0.115. The molecule has 2 rings (SSSR count). The van der Waals surface area contributed by atoms with Crippen molar-refractivity contribution in [2.45, 2.75) is 13.8 Å². The molecule has 0 spiro atoms. The van der Waals surface area contributed by atoms with Gasteiger partial charge in [-0.3, -0.25) is 14.4 Å². The number of aryl methyl sites for hydroxylation is 2. The fourth-order valence-electron chi connectivity index (χ4n) is 1.95. The second kappa shape index (κ2) is 5.23. The SMILES string of the molecule is CC(=O)N(c1ccccc1Cl)c1c(C)nn(C)c1Cl. The Kier molecular flexibility index (Phi) is 3.83. The van der Waals surface area contributed by atoms with E-state index in [1.807, 2.05) is 12.1 Å². The molecule has 0 aliphatic rings. The maximum atomic E-state index is 12.0. The van der Waals surface area contributed by atoms with Gasteiger partial charge >= 0.3 is 0 Å². The van der Waals surface area contributed by atoms with Gasteiger partial charge in [-0.25, -0.2) is 0 Å². The van der Waals surface area contributed by atoms with Gasteiger partial charge < -0.3 is 0 Å². The van der Waals surface area contributed by atoms with E-state index in [2.05, 4.69) is 5.10 Å². The molecule has 6 heteroatoms. The lowest BCUT2D eigenvalue weighted by Gasteiger charge is -2.22. The summed E-state index contributed by atoms with van der Waals surface area (Å²) in [5, 5.41) is 5.10. The average molecular weight is 298 g/mol. The Morgan fingerprint density at radius 2 is 1.95 bits per heavy atom. The zero-order valence-electron chi connectivity index (χ0n) is 10.8. The van der Waals surface area contributed by atoms with Gasteiger partial charge in [0.1, 0.15) is 5.69 Å². The second-order valence-corrected chi connectivity index (χ2v) is 4.92. The van der Waals surface area contributed by atoms with Crippen molar-refractivity contribution >= 4 is 40.5 Å². The summed E-state index contributed by atoms with van der Waals surface area (Å²) in [5.41, 5.74) is 1.82. The Bertz CT molecular complexity index is 637. The molecule has 0 aliphatic carbocycles. The normalized spacial score (nSPS) is 10.6. The summed E-state index contributed by atoms with van der Waals surface area (Å²) in [6.07, 6.45) is 0. The minimum Gasteiger partial charge on any atom is -0.275 e. The second-order valence-electron chi connectivity index (χ2n) is 4.15. The summed E-state index contributed by atoms with van der Waals surface area (Å²) in [5.74, 6) is -0.175. The molecule has 0 N–H and O–H groups in total. The minimum atomic E-state index is -0.175. The fraction of sp³-hybridized carbons (Fsp3) is 0.231. The van der Waals surface area contributed by atoms with E-state index in [0.717, 1.165) is 0 Å². The predicted octanol–water partition coefficient (Wildman–Crippen LogP) is 3.72. The summed E-state index contributed by atoms with van der Waals surface area (Å²) >= 11 is 12.4. The molecule has 2 aromatic rings. The summed E-state index contributed by atoms with van der Waals surface area (Å²) in [7, 11) is 1.73. The zero-order chi connectivity index (χ0) is 14.2. The summed E-state index contributed by atoms with van der Waals surface area (Å²) in [4.78, 5) is 13.5. The fourth-order valence-corrected chi connectivity index (χ4v) is 2.43. The van der Waals surface area contributed by atoms with Crippen molar-refractivity contribution in [2.75, 3.05) is 4.90 Å².